The molecule has 14 heavy (non-hydrogen) atoms. The van der Waals surface area contributed by atoms with Crippen LogP contribution in [0.1, 0.15) is 32.4 Å². The van der Waals surface area contributed by atoms with Gasteiger partial charge in [-0.15, -0.1) is 11.8 Å². The molecule has 78 valence electrons. The molecule has 1 rings (SSSR count). The maximum Gasteiger partial charge on any atom is 0.0277 e. The molecular formula is C11H16BrNS. The summed E-state index contributed by atoms with van der Waals surface area (Å²) in [4.78, 5) is 1.28. The van der Waals surface area contributed by atoms with Crippen molar-refractivity contribution < 1.29 is 0 Å². The molecule has 1 nitrogen and oxygen atoms in total. The molecule has 1 aromatic rings. The molecule has 0 aliphatic heterocycles. The molecule has 2 N–H and O–H groups in total. The summed E-state index contributed by atoms with van der Waals surface area (Å²) in [5.74, 6) is 0. The summed E-state index contributed by atoms with van der Waals surface area (Å²) in [6.45, 7) is 6.40. The smallest absolute Gasteiger partial charge is 0.0277 e. The van der Waals surface area contributed by atoms with Crippen molar-refractivity contribution in [1.82, 2.24) is 0 Å². The second-order valence-corrected chi connectivity index (χ2v) is 6.17. The van der Waals surface area contributed by atoms with Gasteiger partial charge in [-0.2, -0.15) is 0 Å². The lowest BCUT2D eigenvalue weighted by molar-refractivity contribution is 0.796. The Balaban J connectivity index is 3.03. The van der Waals surface area contributed by atoms with Crippen LogP contribution in [0.4, 0.5) is 0 Å². The molecule has 0 aromatic heterocycles. The van der Waals surface area contributed by atoms with E-state index < -0.39 is 0 Å². The molecule has 0 amide bonds. The summed E-state index contributed by atoms with van der Waals surface area (Å²) in [5.41, 5.74) is 7.14. The highest BCUT2D eigenvalue weighted by Gasteiger charge is 2.09. The Morgan fingerprint density at radius 2 is 1.93 bits per heavy atom. The maximum absolute atomic E-state index is 5.91. The second-order valence-electron chi connectivity index (χ2n) is 3.64. The molecule has 0 aliphatic carbocycles. The summed E-state index contributed by atoms with van der Waals surface area (Å²) in [5, 5.41) is 0.585. The first kappa shape index (κ1) is 12.1. The van der Waals surface area contributed by atoms with Gasteiger partial charge in [0.05, 0.1) is 0 Å². The first-order valence-corrected chi connectivity index (χ1v) is 6.39. The Kier molecular flexibility index (Phi) is 4.48. The fourth-order valence-electron chi connectivity index (χ4n) is 1.24. The van der Waals surface area contributed by atoms with Gasteiger partial charge in [-0.05, 0) is 24.6 Å². The van der Waals surface area contributed by atoms with Gasteiger partial charge in [0.25, 0.3) is 0 Å². The summed E-state index contributed by atoms with van der Waals surface area (Å²) in [7, 11) is 0. The number of hydrogen-bond donors (Lipinski definition) is 1. The lowest BCUT2D eigenvalue weighted by Crippen LogP contribution is -2.06. The molecule has 0 aliphatic rings. The number of thioether (sulfide) groups is 1. The molecule has 0 fully saturated rings. The fourth-order valence-corrected chi connectivity index (χ4v) is 2.85. The van der Waals surface area contributed by atoms with Gasteiger partial charge in [-0.3, -0.25) is 0 Å². The number of benzene rings is 1. The molecule has 0 bridgehead atoms. The molecule has 0 saturated carbocycles. The fraction of sp³-hybridized carbons (Fsp3) is 0.455. The van der Waals surface area contributed by atoms with Crippen molar-refractivity contribution in [3.63, 3.8) is 0 Å². The molecular weight excluding hydrogens is 258 g/mol. The Labute approximate surface area is 98.6 Å². The highest BCUT2D eigenvalue weighted by molar-refractivity contribution is 9.10. The van der Waals surface area contributed by atoms with E-state index in [9.17, 15) is 0 Å². The van der Waals surface area contributed by atoms with E-state index in [0.29, 0.717) is 5.25 Å². The van der Waals surface area contributed by atoms with Crippen molar-refractivity contribution >= 4 is 27.7 Å². The quantitative estimate of drug-likeness (QED) is 0.844. The lowest BCUT2D eigenvalue weighted by atomic mass is 10.1. The molecule has 0 heterocycles. The number of hydrogen-bond acceptors (Lipinski definition) is 2. The maximum atomic E-state index is 5.91. The minimum Gasteiger partial charge on any atom is -0.324 e. The molecule has 3 heteroatoms. The first-order chi connectivity index (χ1) is 6.50. The van der Waals surface area contributed by atoms with Gasteiger partial charge >= 0.3 is 0 Å². The van der Waals surface area contributed by atoms with E-state index in [1.807, 2.05) is 24.8 Å². The summed E-state index contributed by atoms with van der Waals surface area (Å²) in [6.07, 6.45) is 0. The van der Waals surface area contributed by atoms with Gasteiger partial charge in [0.2, 0.25) is 0 Å². The molecule has 0 spiro atoms. The first-order valence-electron chi connectivity index (χ1n) is 4.72. The summed E-state index contributed by atoms with van der Waals surface area (Å²) >= 11 is 5.34. The van der Waals surface area contributed by atoms with Crippen LogP contribution < -0.4 is 5.73 Å². The predicted molar refractivity (Wildman–Crippen MR) is 67.7 cm³/mol. The van der Waals surface area contributed by atoms with Crippen LogP contribution in [-0.4, -0.2) is 5.25 Å². The van der Waals surface area contributed by atoms with Crippen molar-refractivity contribution in [3.8, 4) is 0 Å². The van der Waals surface area contributed by atoms with E-state index in [4.69, 9.17) is 5.73 Å². The van der Waals surface area contributed by atoms with Gasteiger partial charge in [0, 0.05) is 20.7 Å². The number of rotatable bonds is 3. The zero-order chi connectivity index (χ0) is 10.7. The van der Waals surface area contributed by atoms with Crippen molar-refractivity contribution in [1.29, 1.82) is 0 Å². The SMILES string of the molecule is CC(C)Sc1cc(Br)ccc1C(C)N. The Morgan fingerprint density at radius 3 is 2.43 bits per heavy atom. The van der Waals surface area contributed by atoms with Crippen LogP contribution in [0.2, 0.25) is 0 Å². The highest BCUT2D eigenvalue weighted by atomic mass is 79.9. The van der Waals surface area contributed by atoms with Crippen LogP contribution in [0.15, 0.2) is 27.6 Å². The minimum absolute atomic E-state index is 0.101. The highest BCUT2D eigenvalue weighted by Crippen LogP contribution is 2.31. The van der Waals surface area contributed by atoms with E-state index in [2.05, 4.69) is 41.9 Å². The third-order valence-electron chi connectivity index (χ3n) is 1.83. The molecule has 1 aromatic carbocycles. The monoisotopic (exact) mass is 273 g/mol. The van der Waals surface area contributed by atoms with E-state index in [0.717, 1.165) is 4.47 Å². The van der Waals surface area contributed by atoms with Crippen LogP contribution in [0, 0.1) is 0 Å². The van der Waals surface area contributed by atoms with Gasteiger partial charge in [-0.25, -0.2) is 0 Å². The summed E-state index contributed by atoms with van der Waals surface area (Å²) < 4.78 is 1.12. The molecule has 0 radical (unpaired) electrons. The third-order valence-corrected chi connectivity index (χ3v) is 3.40. The third kappa shape index (κ3) is 3.30. The zero-order valence-electron chi connectivity index (χ0n) is 8.75. The second kappa shape index (κ2) is 5.19. The largest absolute Gasteiger partial charge is 0.324 e. The Morgan fingerprint density at radius 1 is 1.29 bits per heavy atom. The Hall–Kier alpha value is 0.01000. The average molecular weight is 274 g/mol. The van der Waals surface area contributed by atoms with E-state index in [1.54, 1.807) is 0 Å². The summed E-state index contributed by atoms with van der Waals surface area (Å²) in [6, 6.07) is 6.38. The van der Waals surface area contributed by atoms with E-state index in [-0.39, 0.29) is 6.04 Å². The van der Waals surface area contributed by atoms with Crippen LogP contribution in [-0.2, 0) is 0 Å². The van der Waals surface area contributed by atoms with Crippen molar-refractivity contribution in [2.45, 2.75) is 37.0 Å². The molecule has 1 atom stereocenters. The zero-order valence-corrected chi connectivity index (χ0v) is 11.2. The molecule has 0 saturated heterocycles. The van der Waals surface area contributed by atoms with Crippen molar-refractivity contribution in [3.05, 3.63) is 28.2 Å². The number of halogens is 1. The normalized spacial score (nSPS) is 13.3. The average Bonchev–Trinajstić information content (AvgIpc) is 2.01. The van der Waals surface area contributed by atoms with Crippen molar-refractivity contribution in [2.24, 2.45) is 5.73 Å². The van der Waals surface area contributed by atoms with Gasteiger partial charge in [-0.1, -0.05) is 35.8 Å². The lowest BCUT2D eigenvalue weighted by Gasteiger charge is -2.14. The van der Waals surface area contributed by atoms with Gasteiger partial charge < -0.3 is 5.73 Å². The topological polar surface area (TPSA) is 26.0 Å². The van der Waals surface area contributed by atoms with Gasteiger partial charge in [0.1, 0.15) is 0 Å². The minimum atomic E-state index is 0.101. The van der Waals surface area contributed by atoms with E-state index >= 15 is 0 Å². The number of nitrogens with two attached hydrogens (primary N) is 1. The van der Waals surface area contributed by atoms with Crippen LogP contribution in [0.5, 0.6) is 0 Å². The Bertz CT molecular complexity index is 310. The standard InChI is InChI=1S/C11H16BrNS/c1-7(2)14-11-6-9(12)4-5-10(11)8(3)13/h4-8H,13H2,1-3H3. The van der Waals surface area contributed by atoms with Crippen LogP contribution in [0.3, 0.4) is 0 Å². The van der Waals surface area contributed by atoms with E-state index in [1.165, 1.54) is 10.5 Å². The van der Waals surface area contributed by atoms with Crippen molar-refractivity contribution in [2.75, 3.05) is 0 Å². The van der Waals surface area contributed by atoms with Crippen LogP contribution in [0.25, 0.3) is 0 Å². The predicted octanol–water partition coefficient (Wildman–Crippen LogP) is 3.97. The molecule has 1 unspecified atom stereocenters. The van der Waals surface area contributed by atoms with Gasteiger partial charge in [0.15, 0.2) is 0 Å². The van der Waals surface area contributed by atoms with Crippen LogP contribution >= 0.6 is 27.7 Å².